The predicted molar refractivity (Wildman–Crippen MR) is 54.8 cm³/mol. The third kappa shape index (κ3) is 3.05. The molecule has 0 bridgehead atoms. The number of aromatic nitrogens is 2. The van der Waals surface area contributed by atoms with Gasteiger partial charge in [0.25, 0.3) is 0 Å². The Morgan fingerprint density at radius 1 is 1.79 bits per heavy atom. The van der Waals surface area contributed by atoms with Crippen molar-refractivity contribution in [3.8, 4) is 0 Å². The fourth-order valence-electron chi connectivity index (χ4n) is 1.11. The highest BCUT2D eigenvalue weighted by Gasteiger charge is 1.98. The summed E-state index contributed by atoms with van der Waals surface area (Å²) in [5.41, 5.74) is 1.14. The van der Waals surface area contributed by atoms with Gasteiger partial charge in [0.15, 0.2) is 0 Å². The van der Waals surface area contributed by atoms with Gasteiger partial charge in [-0.1, -0.05) is 6.58 Å². The largest absolute Gasteiger partial charge is 0.352 e. The number of nitrogens with zero attached hydrogens (tertiary/aromatic N) is 2. The average molecular weight is 193 g/mol. The van der Waals surface area contributed by atoms with Gasteiger partial charge in [-0.25, -0.2) is 0 Å². The first-order valence-electron chi connectivity index (χ1n) is 4.68. The van der Waals surface area contributed by atoms with Gasteiger partial charge in [-0.05, 0) is 25.0 Å². The number of carbonyl (C=O) groups excluding carboxylic acids is 1. The minimum absolute atomic E-state index is 0.132. The molecule has 0 atom stereocenters. The van der Waals surface area contributed by atoms with Crippen LogP contribution in [0.25, 0.3) is 0 Å². The Hall–Kier alpha value is -1.58. The highest BCUT2D eigenvalue weighted by Crippen LogP contribution is 1.97. The molecule has 0 aliphatic carbocycles. The maximum atomic E-state index is 10.8. The van der Waals surface area contributed by atoms with E-state index >= 15 is 0 Å². The molecule has 0 aliphatic heterocycles. The minimum Gasteiger partial charge on any atom is -0.352 e. The third-order valence-corrected chi connectivity index (χ3v) is 1.91. The standard InChI is InChI=1S/C10H15N3O/c1-3-10(14)11-6-5-9-7-12-13(4-2)8-9/h3,7-8H,1,4-6H2,2H3,(H,11,14). The number of rotatable bonds is 5. The summed E-state index contributed by atoms with van der Waals surface area (Å²) in [7, 11) is 0. The summed E-state index contributed by atoms with van der Waals surface area (Å²) in [6, 6.07) is 0. The third-order valence-electron chi connectivity index (χ3n) is 1.91. The van der Waals surface area contributed by atoms with Gasteiger partial charge in [0.05, 0.1) is 6.20 Å². The molecule has 0 unspecified atom stereocenters. The zero-order valence-corrected chi connectivity index (χ0v) is 8.36. The molecule has 0 aromatic carbocycles. The molecule has 0 saturated heterocycles. The van der Waals surface area contributed by atoms with Crippen molar-refractivity contribution in [3.05, 3.63) is 30.6 Å². The number of nitrogens with one attached hydrogen (secondary N) is 1. The maximum absolute atomic E-state index is 10.8. The summed E-state index contributed by atoms with van der Waals surface area (Å²) in [5.74, 6) is -0.132. The summed E-state index contributed by atoms with van der Waals surface area (Å²) in [4.78, 5) is 10.8. The minimum atomic E-state index is -0.132. The summed E-state index contributed by atoms with van der Waals surface area (Å²) in [5, 5.41) is 6.85. The number of hydrogen-bond donors (Lipinski definition) is 1. The Morgan fingerprint density at radius 3 is 3.14 bits per heavy atom. The molecule has 4 nitrogen and oxygen atoms in total. The van der Waals surface area contributed by atoms with E-state index in [0.29, 0.717) is 6.54 Å². The van der Waals surface area contributed by atoms with Crippen LogP contribution in [0.1, 0.15) is 12.5 Å². The van der Waals surface area contributed by atoms with Crippen LogP contribution in [0.2, 0.25) is 0 Å². The Bertz CT molecular complexity index is 317. The molecular formula is C10H15N3O. The van der Waals surface area contributed by atoms with Crippen molar-refractivity contribution in [1.82, 2.24) is 15.1 Å². The monoisotopic (exact) mass is 193 g/mol. The highest BCUT2D eigenvalue weighted by molar-refractivity contribution is 5.86. The Morgan fingerprint density at radius 2 is 2.57 bits per heavy atom. The molecule has 1 heterocycles. The maximum Gasteiger partial charge on any atom is 0.243 e. The number of hydrogen-bond acceptors (Lipinski definition) is 2. The van der Waals surface area contributed by atoms with Crippen LogP contribution in [0.5, 0.6) is 0 Å². The topological polar surface area (TPSA) is 46.9 Å². The first-order chi connectivity index (χ1) is 6.76. The number of aryl methyl sites for hydroxylation is 1. The molecule has 1 aromatic rings. The Kier molecular flexibility index (Phi) is 3.91. The van der Waals surface area contributed by atoms with Crippen molar-refractivity contribution < 1.29 is 4.79 Å². The summed E-state index contributed by atoms with van der Waals surface area (Å²) < 4.78 is 1.87. The quantitative estimate of drug-likeness (QED) is 0.701. The fourth-order valence-corrected chi connectivity index (χ4v) is 1.11. The molecular weight excluding hydrogens is 178 g/mol. The molecule has 1 N–H and O–H groups in total. The summed E-state index contributed by atoms with van der Waals surface area (Å²) in [6.07, 6.45) is 5.89. The van der Waals surface area contributed by atoms with Gasteiger partial charge in [0, 0.05) is 19.3 Å². The highest BCUT2D eigenvalue weighted by atomic mass is 16.1. The second kappa shape index (κ2) is 5.21. The van der Waals surface area contributed by atoms with Crippen LogP contribution in [0.3, 0.4) is 0 Å². The van der Waals surface area contributed by atoms with E-state index < -0.39 is 0 Å². The zero-order valence-electron chi connectivity index (χ0n) is 8.36. The fraction of sp³-hybridized carbons (Fsp3) is 0.400. The van der Waals surface area contributed by atoms with Gasteiger partial charge in [-0.3, -0.25) is 9.48 Å². The second-order valence-corrected chi connectivity index (χ2v) is 2.95. The van der Waals surface area contributed by atoms with E-state index in [4.69, 9.17) is 0 Å². The van der Waals surface area contributed by atoms with Gasteiger partial charge in [-0.15, -0.1) is 0 Å². The van der Waals surface area contributed by atoms with Gasteiger partial charge in [0.2, 0.25) is 5.91 Å². The van der Waals surface area contributed by atoms with E-state index in [1.54, 1.807) is 0 Å². The molecule has 76 valence electrons. The molecule has 0 aliphatic rings. The molecule has 0 spiro atoms. The molecule has 4 heteroatoms. The molecule has 0 radical (unpaired) electrons. The van der Waals surface area contributed by atoms with Gasteiger partial charge >= 0.3 is 0 Å². The van der Waals surface area contributed by atoms with E-state index in [9.17, 15) is 4.79 Å². The smallest absolute Gasteiger partial charge is 0.243 e. The normalized spacial score (nSPS) is 9.79. The first kappa shape index (κ1) is 10.5. The zero-order chi connectivity index (χ0) is 10.4. The molecule has 0 fully saturated rings. The molecule has 1 aromatic heterocycles. The van der Waals surface area contributed by atoms with Gasteiger partial charge in [-0.2, -0.15) is 5.10 Å². The van der Waals surface area contributed by atoms with E-state index in [2.05, 4.69) is 17.0 Å². The lowest BCUT2D eigenvalue weighted by atomic mass is 10.2. The molecule has 14 heavy (non-hydrogen) atoms. The van der Waals surface area contributed by atoms with Crippen LogP contribution in [0.4, 0.5) is 0 Å². The van der Waals surface area contributed by atoms with Crippen LogP contribution in [-0.4, -0.2) is 22.2 Å². The summed E-state index contributed by atoms with van der Waals surface area (Å²) >= 11 is 0. The van der Waals surface area contributed by atoms with Crippen LogP contribution >= 0.6 is 0 Å². The SMILES string of the molecule is C=CC(=O)NCCc1cnn(CC)c1. The van der Waals surface area contributed by atoms with E-state index in [1.807, 2.05) is 24.0 Å². The lowest BCUT2D eigenvalue weighted by Crippen LogP contribution is -2.23. The van der Waals surface area contributed by atoms with Gasteiger partial charge in [0.1, 0.15) is 0 Å². The van der Waals surface area contributed by atoms with E-state index in [-0.39, 0.29) is 5.91 Å². The van der Waals surface area contributed by atoms with Crippen molar-refractivity contribution in [2.45, 2.75) is 19.9 Å². The molecule has 1 amide bonds. The van der Waals surface area contributed by atoms with E-state index in [0.717, 1.165) is 18.5 Å². The average Bonchev–Trinajstić information content (AvgIpc) is 2.65. The van der Waals surface area contributed by atoms with Crippen molar-refractivity contribution in [2.75, 3.05) is 6.54 Å². The molecule has 0 saturated carbocycles. The lowest BCUT2D eigenvalue weighted by Gasteiger charge is -1.99. The number of amides is 1. The lowest BCUT2D eigenvalue weighted by molar-refractivity contribution is -0.116. The Labute approximate surface area is 83.6 Å². The van der Waals surface area contributed by atoms with Crippen LogP contribution in [-0.2, 0) is 17.8 Å². The van der Waals surface area contributed by atoms with Crippen LogP contribution in [0, 0.1) is 0 Å². The number of carbonyl (C=O) groups is 1. The summed E-state index contributed by atoms with van der Waals surface area (Å²) in [6.45, 7) is 6.91. The van der Waals surface area contributed by atoms with E-state index in [1.165, 1.54) is 6.08 Å². The second-order valence-electron chi connectivity index (χ2n) is 2.95. The predicted octanol–water partition coefficient (Wildman–Crippen LogP) is 0.748. The van der Waals surface area contributed by atoms with Gasteiger partial charge < -0.3 is 5.32 Å². The van der Waals surface area contributed by atoms with Crippen molar-refractivity contribution in [3.63, 3.8) is 0 Å². The van der Waals surface area contributed by atoms with Crippen molar-refractivity contribution >= 4 is 5.91 Å². The van der Waals surface area contributed by atoms with Crippen molar-refractivity contribution in [1.29, 1.82) is 0 Å². The van der Waals surface area contributed by atoms with Crippen LogP contribution < -0.4 is 5.32 Å². The van der Waals surface area contributed by atoms with Crippen LogP contribution in [0.15, 0.2) is 25.0 Å². The Balaban J connectivity index is 2.31. The molecule has 1 rings (SSSR count). The van der Waals surface area contributed by atoms with Crippen molar-refractivity contribution in [2.24, 2.45) is 0 Å². The first-order valence-corrected chi connectivity index (χ1v) is 4.68.